The standard InChI is InChI=1S/C15H18F3N3O3S2/c1-14(22,15(16,17)18)10-2-4-12(5-3-10)20-6-7-21-26(23,24)13-8-11(19)9-25-13/h2-5,8-9,20-22H,6-7,19H2,1H3. The second-order valence-electron chi connectivity index (χ2n) is 5.67. The highest BCUT2D eigenvalue weighted by Gasteiger charge is 2.51. The minimum Gasteiger partial charge on any atom is -0.398 e. The molecule has 1 aromatic carbocycles. The van der Waals surface area contributed by atoms with Gasteiger partial charge < -0.3 is 16.2 Å². The van der Waals surface area contributed by atoms with E-state index in [2.05, 4.69) is 10.0 Å². The van der Waals surface area contributed by atoms with Gasteiger partial charge in [-0.15, -0.1) is 11.3 Å². The van der Waals surface area contributed by atoms with Gasteiger partial charge in [-0.2, -0.15) is 13.2 Å². The number of anilines is 2. The van der Waals surface area contributed by atoms with Gasteiger partial charge in [0, 0.05) is 29.8 Å². The largest absolute Gasteiger partial charge is 0.421 e. The number of hydrogen-bond donors (Lipinski definition) is 4. The van der Waals surface area contributed by atoms with Crippen molar-refractivity contribution < 1.29 is 26.7 Å². The maximum absolute atomic E-state index is 12.8. The molecular formula is C15H18F3N3O3S2. The molecule has 1 unspecified atom stereocenters. The molecule has 2 rings (SSSR count). The SMILES string of the molecule is CC(O)(c1ccc(NCCNS(=O)(=O)c2cc(N)cs2)cc1)C(F)(F)F. The van der Waals surface area contributed by atoms with Crippen molar-refractivity contribution in [2.24, 2.45) is 0 Å². The third kappa shape index (κ3) is 4.67. The highest BCUT2D eigenvalue weighted by Crippen LogP contribution is 2.38. The first-order chi connectivity index (χ1) is 11.9. The Balaban J connectivity index is 1.89. The zero-order valence-electron chi connectivity index (χ0n) is 13.7. The van der Waals surface area contributed by atoms with Crippen LogP contribution in [0.25, 0.3) is 0 Å². The predicted molar refractivity (Wildman–Crippen MR) is 94.5 cm³/mol. The molecule has 0 fully saturated rings. The van der Waals surface area contributed by atoms with Gasteiger partial charge >= 0.3 is 6.18 Å². The summed E-state index contributed by atoms with van der Waals surface area (Å²) in [6, 6.07) is 6.43. The van der Waals surface area contributed by atoms with Crippen molar-refractivity contribution in [3.05, 3.63) is 41.3 Å². The van der Waals surface area contributed by atoms with E-state index < -0.39 is 21.8 Å². The fourth-order valence-corrected chi connectivity index (χ4v) is 4.17. The molecule has 1 atom stereocenters. The van der Waals surface area contributed by atoms with Crippen LogP contribution in [-0.2, 0) is 15.6 Å². The number of nitrogen functional groups attached to an aromatic ring is 1. The zero-order chi connectivity index (χ0) is 19.6. The molecule has 0 spiro atoms. The van der Waals surface area contributed by atoms with Gasteiger partial charge in [0.05, 0.1) is 0 Å². The second kappa shape index (κ2) is 7.43. The Labute approximate surface area is 152 Å². The van der Waals surface area contributed by atoms with E-state index >= 15 is 0 Å². The first-order valence-corrected chi connectivity index (χ1v) is 9.77. The van der Waals surface area contributed by atoms with E-state index in [0.29, 0.717) is 18.3 Å². The summed E-state index contributed by atoms with van der Waals surface area (Å²) in [5, 5.41) is 14.0. The molecule has 5 N–H and O–H groups in total. The Kier molecular flexibility index (Phi) is 5.85. The minimum atomic E-state index is -4.79. The number of thiophene rings is 1. The number of alkyl halides is 3. The number of nitrogens with one attached hydrogen (secondary N) is 2. The molecular weight excluding hydrogens is 391 g/mol. The molecule has 0 radical (unpaired) electrons. The van der Waals surface area contributed by atoms with Gasteiger partial charge in [-0.25, -0.2) is 13.1 Å². The maximum Gasteiger partial charge on any atom is 0.421 e. The lowest BCUT2D eigenvalue weighted by Gasteiger charge is -2.26. The van der Waals surface area contributed by atoms with Gasteiger partial charge in [0.25, 0.3) is 0 Å². The molecule has 11 heteroatoms. The molecule has 0 bridgehead atoms. The summed E-state index contributed by atoms with van der Waals surface area (Å²) < 4.78 is 64.8. The quantitative estimate of drug-likeness (QED) is 0.526. The van der Waals surface area contributed by atoms with E-state index in [1.807, 2.05) is 0 Å². The summed E-state index contributed by atoms with van der Waals surface area (Å²) in [6.45, 7) is 0.971. The van der Waals surface area contributed by atoms with Gasteiger partial charge in [0.2, 0.25) is 10.0 Å². The topological polar surface area (TPSA) is 104 Å². The number of rotatable bonds is 7. The van der Waals surface area contributed by atoms with Crippen molar-refractivity contribution >= 4 is 32.7 Å². The lowest BCUT2D eigenvalue weighted by molar-refractivity contribution is -0.258. The summed E-state index contributed by atoms with van der Waals surface area (Å²) in [4.78, 5) is 0. The molecule has 0 aliphatic rings. The van der Waals surface area contributed by atoms with Crippen LogP contribution in [0.3, 0.4) is 0 Å². The number of benzene rings is 1. The number of sulfonamides is 1. The summed E-state index contributed by atoms with van der Waals surface area (Å²) in [7, 11) is -3.65. The Morgan fingerprint density at radius 1 is 1.19 bits per heavy atom. The van der Waals surface area contributed by atoms with Crippen molar-refractivity contribution in [3.63, 3.8) is 0 Å². The van der Waals surface area contributed by atoms with Crippen LogP contribution >= 0.6 is 11.3 Å². The lowest BCUT2D eigenvalue weighted by Crippen LogP contribution is -2.39. The molecule has 2 aromatic rings. The monoisotopic (exact) mass is 409 g/mol. The molecule has 6 nitrogen and oxygen atoms in total. The van der Waals surface area contributed by atoms with E-state index in [-0.39, 0.29) is 22.9 Å². The molecule has 0 saturated heterocycles. The Bertz CT molecular complexity index is 847. The first kappa shape index (κ1) is 20.5. The summed E-state index contributed by atoms with van der Waals surface area (Å²) in [5.74, 6) is 0. The number of hydrogen-bond acceptors (Lipinski definition) is 6. The Morgan fingerprint density at radius 2 is 1.81 bits per heavy atom. The molecule has 144 valence electrons. The van der Waals surface area contributed by atoms with Crippen LogP contribution in [0.2, 0.25) is 0 Å². The summed E-state index contributed by atoms with van der Waals surface area (Å²) in [5.41, 5.74) is 3.12. The van der Waals surface area contributed by atoms with Crippen molar-refractivity contribution in [1.29, 1.82) is 0 Å². The van der Waals surface area contributed by atoms with E-state index in [4.69, 9.17) is 5.73 Å². The van der Waals surface area contributed by atoms with E-state index in [0.717, 1.165) is 23.5 Å². The van der Waals surface area contributed by atoms with Gasteiger partial charge in [-0.1, -0.05) is 12.1 Å². The minimum absolute atomic E-state index is 0.0716. The average molecular weight is 409 g/mol. The third-order valence-corrected chi connectivity index (χ3v) is 6.52. The van der Waals surface area contributed by atoms with E-state index in [1.54, 1.807) is 0 Å². The normalized spacial score (nSPS) is 14.8. The molecule has 0 saturated carbocycles. The summed E-state index contributed by atoms with van der Waals surface area (Å²) in [6.07, 6.45) is -4.79. The van der Waals surface area contributed by atoms with E-state index in [9.17, 15) is 26.7 Å². The lowest BCUT2D eigenvalue weighted by atomic mass is 9.95. The Morgan fingerprint density at radius 3 is 2.31 bits per heavy atom. The predicted octanol–water partition coefficient (Wildman–Crippen LogP) is 2.49. The average Bonchev–Trinajstić information content (AvgIpc) is 2.98. The zero-order valence-corrected chi connectivity index (χ0v) is 15.3. The second-order valence-corrected chi connectivity index (χ2v) is 8.58. The van der Waals surface area contributed by atoms with Gasteiger partial charge in [0.15, 0.2) is 5.60 Å². The van der Waals surface area contributed by atoms with Crippen LogP contribution < -0.4 is 15.8 Å². The van der Waals surface area contributed by atoms with Crippen molar-refractivity contribution in [2.45, 2.75) is 22.9 Å². The van der Waals surface area contributed by atoms with E-state index in [1.165, 1.54) is 23.6 Å². The van der Waals surface area contributed by atoms with Crippen LogP contribution in [-0.4, -0.2) is 32.8 Å². The maximum atomic E-state index is 12.8. The number of nitrogens with two attached hydrogens (primary N) is 1. The molecule has 26 heavy (non-hydrogen) atoms. The smallest absolute Gasteiger partial charge is 0.398 e. The first-order valence-electron chi connectivity index (χ1n) is 7.41. The highest BCUT2D eigenvalue weighted by atomic mass is 32.2. The van der Waals surface area contributed by atoms with Crippen molar-refractivity contribution in [3.8, 4) is 0 Å². The van der Waals surface area contributed by atoms with Crippen LogP contribution in [0.15, 0.2) is 39.9 Å². The summed E-state index contributed by atoms with van der Waals surface area (Å²) >= 11 is 1.01. The molecule has 0 aliphatic carbocycles. The molecule has 1 heterocycles. The molecule has 0 aliphatic heterocycles. The van der Waals surface area contributed by atoms with Gasteiger partial charge in [-0.3, -0.25) is 0 Å². The molecule has 1 aromatic heterocycles. The van der Waals surface area contributed by atoms with Crippen LogP contribution in [0.1, 0.15) is 12.5 Å². The molecule has 0 amide bonds. The van der Waals surface area contributed by atoms with Crippen LogP contribution in [0, 0.1) is 0 Å². The Hall–Kier alpha value is -1.82. The third-order valence-electron chi connectivity index (χ3n) is 3.61. The number of halogens is 3. The van der Waals surface area contributed by atoms with Crippen LogP contribution in [0.5, 0.6) is 0 Å². The van der Waals surface area contributed by atoms with Gasteiger partial charge in [0.1, 0.15) is 4.21 Å². The number of aliphatic hydroxyl groups is 1. The fraction of sp³-hybridized carbons (Fsp3) is 0.333. The fourth-order valence-electron chi connectivity index (χ4n) is 2.01. The van der Waals surface area contributed by atoms with Crippen molar-refractivity contribution in [1.82, 2.24) is 4.72 Å². The highest BCUT2D eigenvalue weighted by molar-refractivity contribution is 7.91. The van der Waals surface area contributed by atoms with Crippen molar-refractivity contribution in [2.75, 3.05) is 24.1 Å². The van der Waals surface area contributed by atoms with Crippen LogP contribution in [0.4, 0.5) is 24.5 Å². The van der Waals surface area contributed by atoms with Gasteiger partial charge in [-0.05, 0) is 30.7 Å².